The number of hydrogen-bond acceptors (Lipinski definition) is 6. The summed E-state index contributed by atoms with van der Waals surface area (Å²) >= 11 is 0. The van der Waals surface area contributed by atoms with Crippen molar-refractivity contribution in [1.82, 2.24) is 4.98 Å². The van der Waals surface area contributed by atoms with Crippen molar-refractivity contribution in [3.05, 3.63) is 70.7 Å². The predicted octanol–water partition coefficient (Wildman–Crippen LogP) is 3.64. The van der Waals surface area contributed by atoms with Crippen LogP contribution in [0.5, 0.6) is 0 Å². The van der Waals surface area contributed by atoms with E-state index in [2.05, 4.69) is 15.3 Å². The minimum Gasteiger partial charge on any atom is -0.428 e. The van der Waals surface area contributed by atoms with Gasteiger partial charge in [-0.05, 0) is 36.8 Å². The van der Waals surface area contributed by atoms with Crippen LogP contribution in [-0.4, -0.2) is 23.6 Å². The Morgan fingerprint density at radius 3 is 2.74 bits per heavy atom. The topological polar surface area (TPSA) is 113 Å². The number of nitriles is 1. The lowest BCUT2D eigenvalue weighted by Crippen LogP contribution is -2.30. The highest BCUT2D eigenvalue weighted by Gasteiger charge is 2.37. The number of rotatable bonds is 4. The minimum absolute atomic E-state index is 0.0407. The lowest BCUT2D eigenvalue weighted by molar-refractivity contribution is -0.138. The lowest BCUT2D eigenvalue weighted by Gasteiger charge is -2.27. The molecule has 2 heterocycles. The first-order chi connectivity index (χ1) is 14.6. The van der Waals surface area contributed by atoms with Gasteiger partial charge in [0.05, 0.1) is 11.1 Å². The SMILES string of the molecule is C[C@@]1(c2cccc(NC(=O)c3ncc(C#N)cc3C(F)(F)F)c2)C=C(CF)OC(N)=N1. The Morgan fingerprint density at radius 1 is 1.35 bits per heavy atom. The summed E-state index contributed by atoms with van der Waals surface area (Å²) in [5, 5.41) is 11.2. The van der Waals surface area contributed by atoms with Crippen molar-refractivity contribution in [2.45, 2.75) is 18.6 Å². The van der Waals surface area contributed by atoms with Gasteiger partial charge >= 0.3 is 6.18 Å². The van der Waals surface area contributed by atoms with Gasteiger partial charge in [-0.3, -0.25) is 4.79 Å². The highest BCUT2D eigenvalue weighted by Crippen LogP contribution is 2.34. The van der Waals surface area contributed by atoms with Crippen LogP contribution >= 0.6 is 0 Å². The van der Waals surface area contributed by atoms with Crippen LogP contribution in [0.2, 0.25) is 0 Å². The Balaban J connectivity index is 1.94. The Labute approximate surface area is 173 Å². The molecule has 0 unspecified atom stereocenters. The number of anilines is 1. The van der Waals surface area contributed by atoms with Gasteiger partial charge in [0.25, 0.3) is 11.9 Å². The molecule has 1 aliphatic rings. The average Bonchev–Trinajstić information content (AvgIpc) is 2.72. The molecule has 0 bridgehead atoms. The fourth-order valence-electron chi connectivity index (χ4n) is 3.00. The third-order valence-corrected chi connectivity index (χ3v) is 4.39. The molecule has 0 saturated carbocycles. The van der Waals surface area contributed by atoms with Crippen LogP contribution in [-0.2, 0) is 16.5 Å². The first-order valence-electron chi connectivity index (χ1n) is 8.76. The van der Waals surface area contributed by atoms with Crippen LogP contribution in [0.15, 0.2) is 53.4 Å². The maximum Gasteiger partial charge on any atom is 0.418 e. The third kappa shape index (κ3) is 4.63. The molecule has 0 saturated heterocycles. The van der Waals surface area contributed by atoms with Gasteiger partial charge in [0.1, 0.15) is 29.7 Å². The minimum atomic E-state index is -4.89. The van der Waals surface area contributed by atoms with E-state index in [4.69, 9.17) is 15.7 Å². The van der Waals surface area contributed by atoms with Crippen molar-refractivity contribution in [1.29, 1.82) is 5.26 Å². The van der Waals surface area contributed by atoms with E-state index in [1.165, 1.54) is 24.3 Å². The molecule has 0 spiro atoms. The molecular formula is C20H15F4N5O2. The molecule has 7 nitrogen and oxygen atoms in total. The summed E-state index contributed by atoms with van der Waals surface area (Å²) in [6, 6.07) is 7.95. The number of carbonyl (C=O) groups excluding carboxylic acids is 1. The summed E-state index contributed by atoms with van der Waals surface area (Å²) in [5.41, 5.74) is 2.58. The Hall–Kier alpha value is -3.94. The molecule has 0 radical (unpaired) electrons. The number of hydrogen-bond donors (Lipinski definition) is 2. The monoisotopic (exact) mass is 433 g/mol. The summed E-state index contributed by atoms with van der Waals surface area (Å²) in [6.45, 7) is 0.718. The second-order valence-electron chi connectivity index (χ2n) is 6.71. The highest BCUT2D eigenvalue weighted by molar-refractivity contribution is 6.04. The van der Waals surface area contributed by atoms with E-state index in [1.807, 2.05) is 0 Å². The maximum absolute atomic E-state index is 13.3. The van der Waals surface area contributed by atoms with Crippen LogP contribution in [0.4, 0.5) is 23.2 Å². The maximum atomic E-state index is 13.3. The van der Waals surface area contributed by atoms with Gasteiger partial charge in [0.2, 0.25) is 0 Å². The second kappa shape index (κ2) is 8.06. The number of amidine groups is 1. The van der Waals surface area contributed by atoms with E-state index in [0.29, 0.717) is 11.6 Å². The van der Waals surface area contributed by atoms with E-state index >= 15 is 0 Å². The van der Waals surface area contributed by atoms with E-state index in [1.54, 1.807) is 19.1 Å². The first-order valence-corrected chi connectivity index (χ1v) is 8.76. The molecule has 1 aliphatic heterocycles. The number of allylic oxidation sites excluding steroid dienone is 1. The molecule has 1 aromatic heterocycles. The van der Waals surface area contributed by atoms with Gasteiger partial charge in [0.15, 0.2) is 0 Å². The van der Waals surface area contributed by atoms with Crippen LogP contribution in [0.25, 0.3) is 0 Å². The number of alkyl halides is 4. The molecule has 160 valence electrons. The number of nitrogens with one attached hydrogen (secondary N) is 1. The first kappa shape index (κ1) is 21.8. The van der Waals surface area contributed by atoms with Crippen molar-refractivity contribution in [3.8, 4) is 6.07 Å². The second-order valence-corrected chi connectivity index (χ2v) is 6.71. The summed E-state index contributed by atoms with van der Waals surface area (Å²) in [7, 11) is 0. The average molecular weight is 433 g/mol. The molecule has 3 N–H and O–H groups in total. The fourth-order valence-corrected chi connectivity index (χ4v) is 3.00. The fraction of sp³-hybridized carbons (Fsp3) is 0.200. The number of nitrogens with zero attached hydrogens (tertiary/aromatic N) is 3. The highest BCUT2D eigenvalue weighted by atomic mass is 19.4. The third-order valence-electron chi connectivity index (χ3n) is 4.39. The molecule has 1 amide bonds. The zero-order valence-corrected chi connectivity index (χ0v) is 16.0. The van der Waals surface area contributed by atoms with Gasteiger partial charge in [-0.15, -0.1) is 0 Å². The summed E-state index contributed by atoms with van der Waals surface area (Å²) in [5.74, 6) is -1.16. The molecule has 1 atom stereocenters. The van der Waals surface area contributed by atoms with Gasteiger partial charge < -0.3 is 15.8 Å². The normalized spacial score (nSPS) is 18.3. The Bertz CT molecular complexity index is 1140. The quantitative estimate of drug-likeness (QED) is 0.715. The van der Waals surface area contributed by atoms with Crippen LogP contribution in [0.3, 0.4) is 0 Å². The Kier molecular flexibility index (Phi) is 5.66. The van der Waals surface area contributed by atoms with E-state index in [0.717, 1.165) is 6.20 Å². The standard InChI is InChI=1S/C20H15F4N5O2/c1-19(7-14(8-21)31-18(26)29-19)12-3-2-4-13(6-12)28-17(30)16-15(20(22,23)24)5-11(9-25)10-27-16/h2-7,10H,8H2,1H3,(H2,26,29)(H,28,30)/t19-/m0/s1. The van der Waals surface area contributed by atoms with E-state index < -0.39 is 35.6 Å². The van der Waals surface area contributed by atoms with Gasteiger partial charge in [-0.1, -0.05) is 12.1 Å². The van der Waals surface area contributed by atoms with Gasteiger partial charge in [-0.2, -0.15) is 18.4 Å². The number of ether oxygens (including phenoxy) is 1. The zero-order chi connectivity index (χ0) is 22.8. The number of halogens is 4. The summed E-state index contributed by atoms with van der Waals surface area (Å²) < 4.78 is 58.0. The zero-order valence-electron chi connectivity index (χ0n) is 16.0. The van der Waals surface area contributed by atoms with E-state index in [-0.39, 0.29) is 23.0 Å². The molecule has 1 aromatic carbocycles. The number of pyridine rings is 1. The number of carbonyl (C=O) groups is 1. The van der Waals surface area contributed by atoms with Crippen molar-refractivity contribution in [2.75, 3.05) is 12.0 Å². The number of benzene rings is 1. The molecule has 31 heavy (non-hydrogen) atoms. The molecule has 11 heteroatoms. The van der Waals surface area contributed by atoms with Crippen LogP contribution < -0.4 is 11.1 Å². The number of nitrogens with two attached hydrogens (primary N) is 1. The smallest absolute Gasteiger partial charge is 0.418 e. The lowest BCUT2D eigenvalue weighted by atomic mass is 9.91. The summed E-state index contributed by atoms with van der Waals surface area (Å²) in [6.07, 6.45) is -2.59. The van der Waals surface area contributed by atoms with Crippen LogP contribution in [0, 0.1) is 11.3 Å². The molecular weight excluding hydrogens is 418 g/mol. The van der Waals surface area contributed by atoms with Gasteiger partial charge in [-0.25, -0.2) is 14.4 Å². The Morgan fingerprint density at radius 2 is 2.10 bits per heavy atom. The molecule has 0 fully saturated rings. The number of amides is 1. The van der Waals surface area contributed by atoms with E-state index in [9.17, 15) is 22.4 Å². The molecule has 2 aromatic rings. The predicted molar refractivity (Wildman–Crippen MR) is 102 cm³/mol. The van der Waals surface area contributed by atoms with Crippen molar-refractivity contribution >= 4 is 17.6 Å². The van der Waals surface area contributed by atoms with Crippen LogP contribution in [0.1, 0.15) is 34.1 Å². The molecule has 0 aliphatic carbocycles. The largest absolute Gasteiger partial charge is 0.428 e. The van der Waals surface area contributed by atoms with Crippen molar-refractivity contribution < 1.29 is 27.1 Å². The van der Waals surface area contributed by atoms with Gasteiger partial charge in [0, 0.05) is 11.9 Å². The number of aromatic nitrogens is 1. The van der Waals surface area contributed by atoms with Crippen molar-refractivity contribution in [3.63, 3.8) is 0 Å². The summed E-state index contributed by atoms with van der Waals surface area (Å²) in [4.78, 5) is 20.2. The molecule has 3 rings (SSSR count). The van der Waals surface area contributed by atoms with Crippen molar-refractivity contribution in [2.24, 2.45) is 10.7 Å². The number of aliphatic imine (C=N–C) groups is 1.